The van der Waals surface area contributed by atoms with Gasteiger partial charge in [-0.05, 0) is 18.9 Å². The average Bonchev–Trinajstić information content (AvgIpc) is 2.33. The lowest BCUT2D eigenvalue weighted by atomic mass is 10.0. The van der Waals surface area contributed by atoms with E-state index in [2.05, 4.69) is 6.92 Å². The van der Waals surface area contributed by atoms with Crippen LogP contribution in [0.2, 0.25) is 0 Å². The van der Waals surface area contributed by atoms with Gasteiger partial charge in [0.15, 0.2) is 0 Å². The lowest BCUT2D eigenvalue weighted by molar-refractivity contribution is 0.126. The Morgan fingerprint density at radius 3 is 3.00 bits per heavy atom. The van der Waals surface area contributed by atoms with E-state index in [9.17, 15) is 0 Å². The second-order valence-electron chi connectivity index (χ2n) is 2.81. The van der Waals surface area contributed by atoms with Crippen LogP contribution in [0.3, 0.4) is 0 Å². The minimum atomic E-state index is 0.206. The van der Waals surface area contributed by atoms with Crippen LogP contribution in [0.25, 0.3) is 0 Å². The summed E-state index contributed by atoms with van der Waals surface area (Å²) in [4.78, 5) is 0. The molecule has 1 saturated heterocycles. The van der Waals surface area contributed by atoms with Crippen LogP contribution >= 0.6 is 0 Å². The molecule has 0 amide bonds. The highest BCUT2D eigenvalue weighted by atomic mass is 16.5. The van der Waals surface area contributed by atoms with Gasteiger partial charge in [0.1, 0.15) is 0 Å². The normalized spacial score (nSPS) is 28.4. The van der Waals surface area contributed by atoms with Crippen LogP contribution in [0, 0.1) is 5.41 Å². The first-order valence-corrected chi connectivity index (χ1v) is 4.15. The Balaban J connectivity index is 2.62. The summed E-state index contributed by atoms with van der Waals surface area (Å²) in [6, 6.07) is 0. The van der Waals surface area contributed by atoms with Crippen molar-refractivity contribution in [3.63, 3.8) is 0 Å². The molecule has 1 fully saturated rings. The number of ether oxygens (including phenoxy) is 1. The van der Waals surface area contributed by atoms with Gasteiger partial charge in [0.25, 0.3) is 0 Å². The molecule has 0 aliphatic carbocycles. The summed E-state index contributed by atoms with van der Waals surface area (Å²) >= 11 is 0. The Kier molecular flexibility index (Phi) is 2.83. The minimum absolute atomic E-state index is 0.206. The summed E-state index contributed by atoms with van der Waals surface area (Å²) in [6.07, 6.45) is 4.37. The van der Waals surface area contributed by atoms with Gasteiger partial charge in [-0.2, -0.15) is 0 Å². The van der Waals surface area contributed by atoms with Gasteiger partial charge in [-0.15, -0.1) is 0 Å². The molecule has 1 N–H and O–H groups in total. The lowest BCUT2D eigenvalue weighted by Gasteiger charge is -2.07. The van der Waals surface area contributed by atoms with Crippen molar-refractivity contribution in [2.75, 3.05) is 6.61 Å². The third-order valence-corrected chi connectivity index (χ3v) is 1.99. The van der Waals surface area contributed by atoms with Gasteiger partial charge in [-0.1, -0.05) is 19.4 Å². The Morgan fingerprint density at radius 2 is 2.45 bits per heavy atom. The van der Waals surface area contributed by atoms with Gasteiger partial charge < -0.3 is 10.1 Å². The van der Waals surface area contributed by atoms with Crippen LogP contribution in [0.4, 0.5) is 0 Å². The van der Waals surface area contributed by atoms with Crippen LogP contribution in [-0.4, -0.2) is 18.4 Å². The van der Waals surface area contributed by atoms with Gasteiger partial charge in [0.2, 0.25) is 0 Å². The van der Waals surface area contributed by atoms with E-state index in [1.54, 1.807) is 0 Å². The standard InChI is InChI=1S/C9H15NO/c1-3-5-9-7(4-2)8(10)6-11-9/h4,9-10H,3,5-6H2,1-2H3/b7-4-,10-8?. The molecule has 62 valence electrons. The Hall–Kier alpha value is -0.630. The molecular formula is C9H15NO. The predicted octanol–water partition coefficient (Wildman–Crippen LogP) is 2.15. The second-order valence-corrected chi connectivity index (χ2v) is 2.81. The van der Waals surface area contributed by atoms with E-state index in [-0.39, 0.29) is 6.10 Å². The summed E-state index contributed by atoms with van der Waals surface area (Å²) < 4.78 is 5.42. The molecule has 0 aromatic carbocycles. The van der Waals surface area contributed by atoms with E-state index >= 15 is 0 Å². The Bertz CT molecular complexity index is 184. The van der Waals surface area contributed by atoms with Gasteiger partial charge in [-0.3, -0.25) is 0 Å². The monoisotopic (exact) mass is 153 g/mol. The number of hydrogen-bond acceptors (Lipinski definition) is 2. The quantitative estimate of drug-likeness (QED) is 0.647. The highest BCUT2D eigenvalue weighted by Gasteiger charge is 2.24. The second kappa shape index (κ2) is 3.67. The zero-order valence-corrected chi connectivity index (χ0v) is 7.18. The van der Waals surface area contributed by atoms with Crippen molar-refractivity contribution in [2.45, 2.75) is 32.8 Å². The van der Waals surface area contributed by atoms with Crippen LogP contribution < -0.4 is 0 Å². The summed E-state index contributed by atoms with van der Waals surface area (Å²) in [7, 11) is 0. The topological polar surface area (TPSA) is 33.1 Å². The molecule has 0 radical (unpaired) electrons. The van der Waals surface area contributed by atoms with Crippen LogP contribution in [0.5, 0.6) is 0 Å². The lowest BCUT2D eigenvalue weighted by Crippen LogP contribution is -2.07. The van der Waals surface area contributed by atoms with E-state index in [4.69, 9.17) is 10.1 Å². The van der Waals surface area contributed by atoms with Gasteiger partial charge in [-0.25, -0.2) is 0 Å². The molecule has 0 aromatic heterocycles. The Labute approximate surface area is 67.8 Å². The summed E-state index contributed by atoms with van der Waals surface area (Å²) in [6.45, 7) is 4.62. The van der Waals surface area contributed by atoms with Crippen molar-refractivity contribution in [1.82, 2.24) is 0 Å². The molecule has 1 heterocycles. The van der Waals surface area contributed by atoms with Crippen molar-refractivity contribution in [1.29, 1.82) is 5.41 Å². The smallest absolute Gasteiger partial charge is 0.0892 e. The van der Waals surface area contributed by atoms with E-state index < -0.39 is 0 Å². The van der Waals surface area contributed by atoms with E-state index in [0.717, 1.165) is 18.4 Å². The zero-order chi connectivity index (χ0) is 8.27. The van der Waals surface area contributed by atoms with Gasteiger partial charge in [0.05, 0.1) is 18.4 Å². The molecule has 11 heavy (non-hydrogen) atoms. The molecule has 1 rings (SSSR count). The molecule has 2 heteroatoms. The predicted molar refractivity (Wildman–Crippen MR) is 46.1 cm³/mol. The minimum Gasteiger partial charge on any atom is -0.367 e. The van der Waals surface area contributed by atoms with Crippen molar-refractivity contribution in [2.24, 2.45) is 0 Å². The molecule has 0 saturated carbocycles. The summed E-state index contributed by atoms with van der Waals surface area (Å²) in [5.41, 5.74) is 1.75. The number of allylic oxidation sites excluding steroid dienone is 1. The first kappa shape index (κ1) is 8.47. The largest absolute Gasteiger partial charge is 0.367 e. The fourth-order valence-electron chi connectivity index (χ4n) is 1.41. The highest BCUT2D eigenvalue weighted by Crippen LogP contribution is 2.20. The molecule has 1 aliphatic rings. The number of nitrogens with one attached hydrogen (secondary N) is 1. The van der Waals surface area contributed by atoms with Crippen molar-refractivity contribution in [3.05, 3.63) is 11.6 Å². The SMILES string of the molecule is C/C=C1/C(=N)COC1CCC. The Morgan fingerprint density at radius 1 is 1.73 bits per heavy atom. The molecule has 1 atom stereocenters. The number of rotatable bonds is 2. The molecule has 1 unspecified atom stereocenters. The average molecular weight is 153 g/mol. The molecule has 1 aliphatic heterocycles. The van der Waals surface area contributed by atoms with Crippen molar-refractivity contribution >= 4 is 5.71 Å². The summed E-state index contributed by atoms with van der Waals surface area (Å²) in [5.74, 6) is 0. The highest BCUT2D eigenvalue weighted by molar-refractivity contribution is 6.01. The first-order valence-electron chi connectivity index (χ1n) is 4.15. The molecule has 0 aromatic rings. The number of hydrogen-bond donors (Lipinski definition) is 1. The van der Waals surface area contributed by atoms with Crippen LogP contribution in [-0.2, 0) is 4.74 Å². The van der Waals surface area contributed by atoms with Crippen molar-refractivity contribution in [3.8, 4) is 0 Å². The van der Waals surface area contributed by atoms with Crippen LogP contribution in [0.15, 0.2) is 11.6 Å². The zero-order valence-electron chi connectivity index (χ0n) is 7.18. The van der Waals surface area contributed by atoms with Gasteiger partial charge in [0, 0.05) is 0 Å². The van der Waals surface area contributed by atoms with E-state index in [1.165, 1.54) is 0 Å². The van der Waals surface area contributed by atoms with E-state index in [0.29, 0.717) is 12.3 Å². The first-order chi connectivity index (χ1) is 5.29. The molecule has 0 spiro atoms. The van der Waals surface area contributed by atoms with E-state index in [1.807, 2.05) is 13.0 Å². The molecular weight excluding hydrogens is 138 g/mol. The third kappa shape index (κ3) is 1.69. The maximum absolute atomic E-state index is 7.52. The third-order valence-electron chi connectivity index (χ3n) is 1.99. The summed E-state index contributed by atoms with van der Waals surface area (Å²) in [5, 5.41) is 7.52. The van der Waals surface area contributed by atoms with Gasteiger partial charge >= 0.3 is 0 Å². The van der Waals surface area contributed by atoms with Crippen LogP contribution in [0.1, 0.15) is 26.7 Å². The molecule has 0 bridgehead atoms. The molecule has 2 nitrogen and oxygen atoms in total. The van der Waals surface area contributed by atoms with Crippen molar-refractivity contribution < 1.29 is 4.74 Å². The fourth-order valence-corrected chi connectivity index (χ4v) is 1.41. The maximum Gasteiger partial charge on any atom is 0.0892 e. The maximum atomic E-state index is 7.52. The fraction of sp³-hybridized carbons (Fsp3) is 0.667.